The van der Waals surface area contributed by atoms with E-state index in [4.69, 9.17) is 4.84 Å². The highest BCUT2D eigenvalue weighted by Gasteiger charge is 2.39. The number of nitrogens with zero attached hydrogens (tertiary/aromatic N) is 3. The second kappa shape index (κ2) is 5.60. The van der Waals surface area contributed by atoms with E-state index in [2.05, 4.69) is 10.2 Å². The SMILES string of the molecule is CCc1cc(C(=O)ON2C(=O)c3ccccc3C2=O)c(C)nn1. The number of carbonyl (C=O) groups excluding carboxylic acids is 3. The van der Waals surface area contributed by atoms with E-state index in [-0.39, 0.29) is 16.7 Å². The monoisotopic (exact) mass is 311 g/mol. The molecule has 0 fully saturated rings. The van der Waals surface area contributed by atoms with Crippen molar-refractivity contribution in [1.29, 1.82) is 0 Å². The number of hydrogen-bond donors (Lipinski definition) is 0. The molecule has 2 heterocycles. The molecule has 0 N–H and O–H groups in total. The number of amides is 2. The smallest absolute Gasteiger partial charge is 0.324 e. The third-order valence-corrected chi connectivity index (χ3v) is 3.54. The first-order chi connectivity index (χ1) is 11.0. The maximum Gasteiger partial charge on any atom is 0.365 e. The van der Waals surface area contributed by atoms with Crippen LogP contribution in [-0.4, -0.2) is 33.0 Å². The van der Waals surface area contributed by atoms with Gasteiger partial charge in [-0.15, -0.1) is 0 Å². The summed E-state index contributed by atoms with van der Waals surface area (Å²) in [5.41, 5.74) is 1.58. The van der Waals surface area contributed by atoms with E-state index >= 15 is 0 Å². The topological polar surface area (TPSA) is 89.5 Å². The van der Waals surface area contributed by atoms with Gasteiger partial charge in [-0.25, -0.2) is 4.79 Å². The normalized spacial score (nSPS) is 13.2. The van der Waals surface area contributed by atoms with Gasteiger partial charge < -0.3 is 4.84 Å². The highest BCUT2D eigenvalue weighted by molar-refractivity contribution is 6.21. The van der Waals surface area contributed by atoms with Gasteiger partial charge in [0.2, 0.25) is 0 Å². The number of benzene rings is 1. The van der Waals surface area contributed by atoms with Crippen LogP contribution in [0.5, 0.6) is 0 Å². The lowest BCUT2D eigenvalue weighted by molar-refractivity contribution is -0.0585. The highest BCUT2D eigenvalue weighted by atomic mass is 16.7. The molecule has 7 nitrogen and oxygen atoms in total. The standard InChI is InChI=1S/C16H13N3O4/c1-3-10-8-13(9(2)17-18-10)16(22)23-19-14(20)11-6-4-5-7-12(11)15(19)21/h4-8H,3H2,1-2H3. The minimum Gasteiger partial charge on any atom is -0.324 e. The first kappa shape index (κ1) is 14.8. The van der Waals surface area contributed by atoms with Crippen molar-refractivity contribution >= 4 is 17.8 Å². The second-order valence-corrected chi connectivity index (χ2v) is 5.02. The van der Waals surface area contributed by atoms with Gasteiger partial charge in [0.25, 0.3) is 11.8 Å². The van der Waals surface area contributed by atoms with Gasteiger partial charge in [0.1, 0.15) is 0 Å². The van der Waals surface area contributed by atoms with Crippen LogP contribution in [0.3, 0.4) is 0 Å². The van der Waals surface area contributed by atoms with Gasteiger partial charge in [0, 0.05) is 0 Å². The number of aryl methyl sites for hydroxylation is 2. The van der Waals surface area contributed by atoms with Crippen molar-refractivity contribution in [3.63, 3.8) is 0 Å². The van der Waals surface area contributed by atoms with Crippen LogP contribution < -0.4 is 0 Å². The lowest BCUT2D eigenvalue weighted by atomic mass is 10.1. The fourth-order valence-electron chi connectivity index (χ4n) is 2.25. The zero-order valence-electron chi connectivity index (χ0n) is 12.6. The number of imide groups is 1. The zero-order chi connectivity index (χ0) is 16.6. The summed E-state index contributed by atoms with van der Waals surface area (Å²) < 4.78 is 0. The summed E-state index contributed by atoms with van der Waals surface area (Å²) in [5.74, 6) is -2.13. The Balaban J connectivity index is 1.88. The molecule has 23 heavy (non-hydrogen) atoms. The lowest BCUT2D eigenvalue weighted by Gasteiger charge is -2.13. The summed E-state index contributed by atoms with van der Waals surface area (Å²) in [6, 6.07) is 7.85. The van der Waals surface area contributed by atoms with Crippen LogP contribution in [0.2, 0.25) is 0 Å². The predicted molar refractivity (Wildman–Crippen MR) is 78.5 cm³/mol. The number of carbonyl (C=O) groups is 3. The molecule has 1 aliphatic heterocycles. The van der Waals surface area contributed by atoms with E-state index in [0.717, 1.165) is 0 Å². The van der Waals surface area contributed by atoms with E-state index in [1.54, 1.807) is 25.1 Å². The van der Waals surface area contributed by atoms with Crippen LogP contribution in [0.25, 0.3) is 0 Å². The molecule has 1 aromatic heterocycles. The molecule has 0 saturated heterocycles. The third kappa shape index (κ3) is 2.46. The fraction of sp³-hybridized carbons (Fsp3) is 0.188. The molecule has 7 heteroatoms. The largest absolute Gasteiger partial charge is 0.365 e. The Labute approximate surface area is 131 Å². The van der Waals surface area contributed by atoms with Crippen LogP contribution in [0.1, 0.15) is 49.4 Å². The summed E-state index contributed by atoms with van der Waals surface area (Å²) in [6.45, 7) is 3.48. The Morgan fingerprint density at radius 1 is 1.13 bits per heavy atom. The van der Waals surface area contributed by atoms with E-state index in [0.29, 0.717) is 22.9 Å². The molecule has 3 rings (SSSR count). The number of aromatic nitrogens is 2. The molecule has 0 radical (unpaired) electrons. The van der Waals surface area contributed by atoms with Gasteiger partial charge in [-0.1, -0.05) is 24.1 Å². The molecule has 1 aromatic carbocycles. The molecule has 0 bridgehead atoms. The number of rotatable bonds is 3. The van der Waals surface area contributed by atoms with Crippen molar-refractivity contribution in [2.45, 2.75) is 20.3 Å². The minimum absolute atomic E-state index is 0.174. The Hall–Kier alpha value is -3.09. The lowest BCUT2D eigenvalue weighted by Crippen LogP contribution is -2.33. The van der Waals surface area contributed by atoms with Gasteiger partial charge >= 0.3 is 5.97 Å². The number of hydrogen-bond acceptors (Lipinski definition) is 6. The first-order valence-corrected chi connectivity index (χ1v) is 7.06. The van der Waals surface area contributed by atoms with Crippen LogP contribution in [0.4, 0.5) is 0 Å². The molecular formula is C16H13N3O4. The van der Waals surface area contributed by atoms with Crippen molar-refractivity contribution in [2.24, 2.45) is 0 Å². The Bertz CT molecular complexity index is 797. The maximum atomic E-state index is 12.3. The average Bonchev–Trinajstić information content (AvgIpc) is 2.80. The van der Waals surface area contributed by atoms with Crippen molar-refractivity contribution in [3.8, 4) is 0 Å². The average molecular weight is 311 g/mol. The van der Waals surface area contributed by atoms with E-state index in [1.165, 1.54) is 12.1 Å². The van der Waals surface area contributed by atoms with Crippen LogP contribution >= 0.6 is 0 Å². The van der Waals surface area contributed by atoms with E-state index in [9.17, 15) is 14.4 Å². The van der Waals surface area contributed by atoms with Gasteiger partial charge in [0.15, 0.2) is 0 Å². The maximum absolute atomic E-state index is 12.3. The van der Waals surface area contributed by atoms with Crippen molar-refractivity contribution in [3.05, 3.63) is 58.4 Å². The summed E-state index contributed by atoms with van der Waals surface area (Å²) in [7, 11) is 0. The van der Waals surface area contributed by atoms with E-state index < -0.39 is 17.8 Å². The Morgan fingerprint density at radius 3 is 2.30 bits per heavy atom. The predicted octanol–water partition coefficient (Wildman–Crippen LogP) is 1.72. The van der Waals surface area contributed by atoms with Crippen molar-refractivity contribution in [2.75, 3.05) is 0 Å². The molecule has 0 saturated carbocycles. The molecule has 0 atom stereocenters. The van der Waals surface area contributed by atoms with E-state index in [1.807, 2.05) is 6.92 Å². The molecule has 1 aliphatic rings. The minimum atomic E-state index is -0.818. The van der Waals surface area contributed by atoms with Crippen LogP contribution in [-0.2, 0) is 11.3 Å². The van der Waals surface area contributed by atoms with Gasteiger partial charge in [0.05, 0.1) is 28.1 Å². The first-order valence-electron chi connectivity index (χ1n) is 7.06. The van der Waals surface area contributed by atoms with Gasteiger partial charge in [-0.3, -0.25) is 9.59 Å². The third-order valence-electron chi connectivity index (χ3n) is 3.54. The molecule has 0 spiro atoms. The van der Waals surface area contributed by atoms with Crippen LogP contribution in [0.15, 0.2) is 30.3 Å². The van der Waals surface area contributed by atoms with Crippen molar-refractivity contribution < 1.29 is 19.2 Å². The summed E-state index contributed by atoms with van der Waals surface area (Å²) in [4.78, 5) is 41.7. The van der Waals surface area contributed by atoms with Gasteiger partial charge in [-0.05, 0) is 31.5 Å². The van der Waals surface area contributed by atoms with Crippen molar-refractivity contribution in [1.82, 2.24) is 15.3 Å². The zero-order valence-corrected chi connectivity index (χ0v) is 12.6. The molecule has 0 unspecified atom stereocenters. The summed E-state index contributed by atoms with van der Waals surface area (Å²) in [5, 5.41) is 8.30. The fourth-order valence-corrected chi connectivity index (χ4v) is 2.25. The molecule has 2 aromatic rings. The highest BCUT2D eigenvalue weighted by Crippen LogP contribution is 2.23. The Morgan fingerprint density at radius 2 is 1.74 bits per heavy atom. The quantitative estimate of drug-likeness (QED) is 0.802. The molecular weight excluding hydrogens is 298 g/mol. The summed E-state index contributed by atoms with van der Waals surface area (Å²) in [6.07, 6.45) is 0.598. The summed E-state index contributed by atoms with van der Waals surface area (Å²) >= 11 is 0. The Kier molecular flexibility index (Phi) is 3.61. The van der Waals surface area contributed by atoms with Crippen LogP contribution in [0, 0.1) is 6.92 Å². The molecule has 116 valence electrons. The molecule has 2 amide bonds. The number of fused-ring (bicyclic) bond motifs is 1. The van der Waals surface area contributed by atoms with Gasteiger partial charge in [-0.2, -0.15) is 10.2 Å². The number of hydroxylamine groups is 2. The molecule has 0 aliphatic carbocycles. The second-order valence-electron chi connectivity index (χ2n) is 5.02.